The van der Waals surface area contributed by atoms with Crippen molar-refractivity contribution < 1.29 is 17.9 Å². The Morgan fingerprint density at radius 2 is 1.81 bits per heavy atom. The molecule has 1 heterocycles. The van der Waals surface area contributed by atoms with Crippen molar-refractivity contribution in [1.82, 2.24) is 4.31 Å². The molecule has 0 atom stereocenters. The Morgan fingerprint density at radius 1 is 1.11 bits per heavy atom. The van der Waals surface area contributed by atoms with Crippen LogP contribution in [0.1, 0.15) is 29.3 Å². The molecule has 1 N–H and O–H groups in total. The van der Waals surface area contributed by atoms with Crippen LogP contribution in [0, 0.1) is 0 Å². The van der Waals surface area contributed by atoms with E-state index in [-0.39, 0.29) is 10.8 Å². The largest absolute Gasteiger partial charge is 0.379 e. The van der Waals surface area contributed by atoms with E-state index in [1.165, 1.54) is 15.9 Å². The molecule has 2 aromatic carbocycles. The summed E-state index contributed by atoms with van der Waals surface area (Å²) in [5.41, 5.74) is 2.18. The molecule has 1 aliphatic heterocycles. The average molecular weight is 388 g/mol. The Kier molecular flexibility index (Phi) is 6.26. The van der Waals surface area contributed by atoms with Crippen molar-refractivity contribution in [2.24, 2.45) is 0 Å². The number of nitrogens with zero attached hydrogens (tertiary/aromatic N) is 1. The molecule has 144 valence electrons. The van der Waals surface area contributed by atoms with Gasteiger partial charge < -0.3 is 10.1 Å². The summed E-state index contributed by atoms with van der Waals surface area (Å²) in [6, 6.07) is 13.8. The monoisotopic (exact) mass is 388 g/mol. The number of hydrogen-bond donors (Lipinski definition) is 1. The van der Waals surface area contributed by atoms with E-state index < -0.39 is 10.0 Å². The van der Waals surface area contributed by atoms with Gasteiger partial charge in [-0.3, -0.25) is 4.79 Å². The fraction of sp³-hybridized carbons (Fsp3) is 0.350. The number of rotatable bonds is 6. The van der Waals surface area contributed by atoms with Crippen molar-refractivity contribution in [2.75, 3.05) is 31.6 Å². The summed E-state index contributed by atoms with van der Waals surface area (Å²) in [7, 11) is -3.59. The molecule has 0 unspecified atom stereocenters. The number of ether oxygens (including phenoxy) is 1. The van der Waals surface area contributed by atoms with Crippen LogP contribution in [0.25, 0.3) is 0 Å². The summed E-state index contributed by atoms with van der Waals surface area (Å²) in [5.74, 6) is -0.265. The van der Waals surface area contributed by atoms with Crippen LogP contribution in [0.3, 0.4) is 0 Å². The minimum absolute atomic E-state index is 0.167. The first kappa shape index (κ1) is 19.5. The zero-order valence-electron chi connectivity index (χ0n) is 15.3. The molecule has 27 heavy (non-hydrogen) atoms. The van der Waals surface area contributed by atoms with Crippen LogP contribution < -0.4 is 5.32 Å². The zero-order chi connectivity index (χ0) is 19.3. The Bertz CT molecular complexity index is 888. The molecule has 0 bridgehead atoms. The molecule has 2 aromatic rings. The lowest BCUT2D eigenvalue weighted by Gasteiger charge is -2.26. The van der Waals surface area contributed by atoms with Crippen molar-refractivity contribution >= 4 is 21.6 Å². The number of nitrogens with one attached hydrogen (secondary N) is 1. The maximum Gasteiger partial charge on any atom is 0.255 e. The first-order chi connectivity index (χ1) is 13.0. The number of sulfonamides is 1. The van der Waals surface area contributed by atoms with E-state index in [0.717, 1.165) is 12.8 Å². The summed E-state index contributed by atoms with van der Waals surface area (Å²) < 4.78 is 32.1. The van der Waals surface area contributed by atoms with E-state index in [0.29, 0.717) is 37.6 Å². The molecule has 1 fully saturated rings. The number of benzene rings is 2. The van der Waals surface area contributed by atoms with Gasteiger partial charge in [-0.15, -0.1) is 0 Å². The van der Waals surface area contributed by atoms with Crippen LogP contribution in [0.15, 0.2) is 53.4 Å². The van der Waals surface area contributed by atoms with Gasteiger partial charge in [0.1, 0.15) is 0 Å². The molecule has 0 aromatic heterocycles. The molecule has 6 nitrogen and oxygen atoms in total. The van der Waals surface area contributed by atoms with Crippen LogP contribution in [0.5, 0.6) is 0 Å². The summed E-state index contributed by atoms with van der Waals surface area (Å²) in [6.07, 6.45) is 2.03. The molecule has 3 rings (SSSR count). The van der Waals surface area contributed by atoms with Gasteiger partial charge in [-0.25, -0.2) is 8.42 Å². The van der Waals surface area contributed by atoms with Gasteiger partial charge in [0, 0.05) is 24.3 Å². The fourth-order valence-electron chi connectivity index (χ4n) is 2.99. The second kappa shape index (κ2) is 8.65. The molecule has 1 saturated heterocycles. The van der Waals surface area contributed by atoms with Crippen LogP contribution in [0.2, 0.25) is 0 Å². The molecule has 0 saturated carbocycles. The highest BCUT2D eigenvalue weighted by atomic mass is 32.2. The van der Waals surface area contributed by atoms with Crippen LogP contribution in [-0.2, 0) is 21.2 Å². The third-order valence-electron chi connectivity index (χ3n) is 4.45. The Hall–Kier alpha value is -2.22. The van der Waals surface area contributed by atoms with Gasteiger partial charge in [0.2, 0.25) is 10.0 Å². The molecule has 0 spiro atoms. The number of carbonyl (C=O) groups is 1. The maximum atomic E-state index is 12.8. The number of amides is 1. The Morgan fingerprint density at radius 3 is 2.48 bits per heavy atom. The first-order valence-corrected chi connectivity index (χ1v) is 10.5. The molecule has 1 amide bonds. The van der Waals surface area contributed by atoms with E-state index in [1.54, 1.807) is 30.3 Å². The Labute approximate surface area is 160 Å². The fourth-order valence-corrected chi connectivity index (χ4v) is 4.44. The standard InChI is InChI=1S/C20H24N2O4S/c1-2-4-16-7-9-17(10-8-16)20(23)21-18-5-3-6-19(15-18)27(24,25)22-11-13-26-14-12-22/h3,5-10,15H,2,4,11-14H2,1H3,(H,21,23). The van der Waals surface area contributed by atoms with E-state index in [9.17, 15) is 13.2 Å². The van der Waals surface area contributed by atoms with E-state index in [2.05, 4.69) is 12.2 Å². The smallest absolute Gasteiger partial charge is 0.255 e. The minimum atomic E-state index is -3.59. The van der Waals surface area contributed by atoms with Crippen molar-refractivity contribution in [2.45, 2.75) is 24.7 Å². The van der Waals surface area contributed by atoms with E-state index in [1.807, 2.05) is 12.1 Å². The van der Waals surface area contributed by atoms with Crippen molar-refractivity contribution in [1.29, 1.82) is 0 Å². The Balaban J connectivity index is 1.74. The van der Waals surface area contributed by atoms with Crippen LogP contribution >= 0.6 is 0 Å². The topological polar surface area (TPSA) is 75.7 Å². The van der Waals surface area contributed by atoms with E-state index in [4.69, 9.17) is 4.74 Å². The number of hydrogen-bond acceptors (Lipinski definition) is 4. The molecule has 1 aliphatic rings. The molecule has 7 heteroatoms. The third-order valence-corrected chi connectivity index (χ3v) is 6.35. The SMILES string of the molecule is CCCc1ccc(C(=O)Nc2cccc(S(=O)(=O)N3CCOCC3)c2)cc1. The lowest BCUT2D eigenvalue weighted by Crippen LogP contribution is -2.40. The van der Waals surface area contributed by atoms with Gasteiger partial charge in [0.05, 0.1) is 18.1 Å². The predicted octanol–water partition coefficient (Wildman–Crippen LogP) is 2.91. The summed E-state index contributed by atoms with van der Waals surface area (Å²) in [5, 5.41) is 2.78. The molecule has 0 radical (unpaired) electrons. The quantitative estimate of drug-likeness (QED) is 0.826. The van der Waals surface area contributed by atoms with Gasteiger partial charge in [-0.2, -0.15) is 4.31 Å². The minimum Gasteiger partial charge on any atom is -0.379 e. The second-order valence-corrected chi connectivity index (χ2v) is 8.38. The van der Waals surface area contributed by atoms with Gasteiger partial charge in [0.25, 0.3) is 5.91 Å². The maximum absolute atomic E-state index is 12.8. The van der Waals surface area contributed by atoms with Crippen LogP contribution in [-0.4, -0.2) is 44.9 Å². The van der Waals surface area contributed by atoms with Crippen molar-refractivity contribution in [3.05, 3.63) is 59.7 Å². The highest BCUT2D eigenvalue weighted by molar-refractivity contribution is 7.89. The van der Waals surface area contributed by atoms with Crippen LogP contribution in [0.4, 0.5) is 5.69 Å². The summed E-state index contributed by atoms with van der Waals surface area (Å²) >= 11 is 0. The van der Waals surface area contributed by atoms with Gasteiger partial charge in [-0.1, -0.05) is 31.5 Å². The normalized spacial score (nSPS) is 15.4. The third kappa shape index (κ3) is 4.74. The zero-order valence-corrected chi connectivity index (χ0v) is 16.2. The van der Waals surface area contributed by atoms with Gasteiger partial charge in [-0.05, 0) is 42.3 Å². The van der Waals surface area contributed by atoms with Gasteiger partial charge in [0.15, 0.2) is 0 Å². The summed E-state index contributed by atoms with van der Waals surface area (Å²) in [4.78, 5) is 12.6. The van der Waals surface area contributed by atoms with Crippen molar-refractivity contribution in [3.8, 4) is 0 Å². The van der Waals surface area contributed by atoms with E-state index >= 15 is 0 Å². The number of aryl methyl sites for hydroxylation is 1. The number of carbonyl (C=O) groups excluding carboxylic acids is 1. The lowest BCUT2D eigenvalue weighted by atomic mass is 10.1. The second-order valence-electron chi connectivity index (χ2n) is 6.45. The molecular weight excluding hydrogens is 364 g/mol. The first-order valence-electron chi connectivity index (χ1n) is 9.09. The molecular formula is C20H24N2O4S. The number of morpholine rings is 1. The molecule has 0 aliphatic carbocycles. The highest BCUT2D eigenvalue weighted by Gasteiger charge is 2.26. The lowest BCUT2D eigenvalue weighted by molar-refractivity contribution is 0.0730. The average Bonchev–Trinajstić information content (AvgIpc) is 2.69. The van der Waals surface area contributed by atoms with Crippen molar-refractivity contribution in [3.63, 3.8) is 0 Å². The highest BCUT2D eigenvalue weighted by Crippen LogP contribution is 2.21. The summed E-state index contributed by atoms with van der Waals surface area (Å²) in [6.45, 7) is 3.57. The predicted molar refractivity (Wildman–Crippen MR) is 104 cm³/mol. The number of anilines is 1. The van der Waals surface area contributed by atoms with Gasteiger partial charge >= 0.3 is 0 Å².